The predicted octanol–water partition coefficient (Wildman–Crippen LogP) is 4.00. The van der Waals surface area contributed by atoms with Gasteiger partial charge in [0.1, 0.15) is 0 Å². The van der Waals surface area contributed by atoms with E-state index in [0.29, 0.717) is 0 Å². The molecule has 80 valence electrons. The van der Waals surface area contributed by atoms with Crippen molar-refractivity contribution < 1.29 is 0 Å². The molecular weight excluding hydrogens is 228 g/mol. The lowest BCUT2D eigenvalue weighted by Gasteiger charge is -2.02. The SMILES string of the molecule is c1ccc2c(c1)snc1ccc3ccnc3c12. The molecular formula is C14H8N2S. The minimum Gasteiger partial charge on any atom is -0.256 e. The molecule has 0 spiro atoms. The molecule has 0 fully saturated rings. The molecule has 0 unspecified atom stereocenters. The van der Waals surface area contributed by atoms with E-state index in [2.05, 4.69) is 39.7 Å². The molecule has 4 aromatic rings. The van der Waals surface area contributed by atoms with Gasteiger partial charge in [0.25, 0.3) is 0 Å². The van der Waals surface area contributed by atoms with E-state index in [4.69, 9.17) is 0 Å². The Labute approximate surface area is 102 Å². The van der Waals surface area contributed by atoms with Crippen molar-refractivity contribution in [1.29, 1.82) is 0 Å². The third-order valence-corrected chi connectivity index (χ3v) is 3.88. The van der Waals surface area contributed by atoms with Crippen LogP contribution in [-0.4, -0.2) is 9.36 Å². The van der Waals surface area contributed by atoms with Crippen molar-refractivity contribution in [3.05, 3.63) is 48.7 Å². The molecule has 0 aliphatic rings. The largest absolute Gasteiger partial charge is 0.256 e. The lowest BCUT2D eigenvalue weighted by molar-refractivity contribution is 1.49. The average molecular weight is 236 g/mol. The van der Waals surface area contributed by atoms with Crippen LogP contribution >= 0.6 is 11.5 Å². The topological polar surface area (TPSA) is 25.8 Å². The molecule has 0 N–H and O–H groups in total. The molecule has 3 heteroatoms. The standard InChI is InChI=1S/C14H8N2S/c1-2-4-12-10(3-1)13-11(16-17-12)6-5-9-7-8-15-14(9)13/h1-8H. The van der Waals surface area contributed by atoms with E-state index >= 15 is 0 Å². The van der Waals surface area contributed by atoms with Crippen molar-refractivity contribution in [1.82, 2.24) is 9.36 Å². The summed E-state index contributed by atoms with van der Waals surface area (Å²) in [5, 5.41) is 3.59. The summed E-state index contributed by atoms with van der Waals surface area (Å²) in [5.74, 6) is 0. The predicted molar refractivity (Wildman–Crippen MR) is 72.4 cm³/mol. The Morgan fingerprint density at radius 3 is 2.88 bits per heavy atom. The van der Waals surface area contributed by atoms with E-state index in [1.165, 1.54) is 32.4 Å². The summed E-state index contributed by atoms with van der Waals surface area (Å²) >= 11 is 1.54. The summed E-state index contributed by atoms with van der Waals surface area (Å²) in [4.78, 5) is 4.46. The van der Waals surface area contributed by atoms with Crippen LogP contribution in [0.25, 0.3) is 31.9 Å². The highest BCUT2D eigenvalue weighted by atomic mass is 32.1. The maximum Gasteiger partial charge on any atom is 0.0861 e. The molecule has 0 saturated heterocycles. The molecule has 0 bridgehead atoms. The first-order valence-electron chi connectivity index (χ1n) is 5.45. The van der Waals surface area contributed by atoms with Crippen LogP contribution in [0.4, 0.5) is 0 Å². The van der Waals surface area contributed by atoms with Crippen LogP contribution < -0.4 is 0 Å². The minimum atomic E-state index is 1.03. The van der Waals surface area contributed by atoms with Crippen molar-refractivity contribution in [2.75, 3.05) is 0 Å². The van der Waals surface area contributed by atoms with E-state index in [1.54, 1.807) is 0 Å². The van der Waals surface area contributed by atoms with Gasteiger partial charge in [0, 0.05) is 22.4 Å². The maximum absolute atomic E-state index is 4.54. The summed E-state index contributed by atoms with van der Waals surface area (Å²) in [6.45, 7) is 0. The monoisotopic (exact) mass is 236 g/mol. The van der Waals surface area contributed by atoms with E-state index in [1.807, 2.05) is 18.3 Å². The first-order valence-corrected chi connectivity index (χ1v) is 6.23. The van der Waals surface area contributed by atoms with E-state index in [0.717, 1.165) is 11.0 Å². The molecule has 0 radical (unpaired) electrons. The zero-order chi connectivity index (χ0) is 11.2. The van der Waals surface area contributed by atoms with Gasteiger partial charge in [-0.2, -0.15) is 4.37 Å². The van der Waals surface area contributed by atoms with Crippen LogP contribution in [0.5, 0.6) is 0 Å². The molecule has 17 heavy (non-hydrogen) atoms. The highest BCUT2D eigenvalue weighted by molar-refractivity contribution is 7.13. The van der Waals surface area contributed by atoms with Gasteiger partial charge < -0.3 is 0 Å². The average Bonchev–Trinajstić information content (AvgIpc) is 2.86. The Morgan fingerprint density at radius 2 is 1.88 bits per heavy atom. The summed E-state index contributed by atoms with van der Waals surface area (Å²) in [7, 11) is 0. The number of fused-ring (bicyclic) bond motifs is 5. The van der Waals surface area contributed by atoms with Gasteiger partial charge in [-0.05, 0) is 29.7 Å². The van der Waals surface area contributed by atoms with E-state index in [-0.39, 0.29) is 0 Å². The lowest BCUT2D eigenvalue weighted by atomic mass is 10.1. The second-order valence-electron chi connectivity index (χ2n) is 4.02. The Kier molecular flexibility index (Phi) is 1.73. The Morgan fingerprint density at radius 1 is 0.941 bits per heavy atom. The zero-order valence-corrected chi connectivity index (χ0v) is 9.74. The van der Waals surface area contributed by atoms with Crippen molar-refractivity contribution >= 4 is 43.4 Å². The molecule has 2 aromatic carbocycles. The van der Waals surface area contributed by atoms with Gasteiger partial charge in [0.2, 0.25) is 0 Å². The molecule has 4 rings (SSSR count). The Balaban J connectivity index is 2.41. The highest BCUT2D eigenvalue weighted by Crippen LogP contribution is 2.31. The molecule has 2 heterocycles. The number of nitrogens with zero attached hydrogens (tertiary/aromatic N) is 2. The molecule has 2 aromatic heterocycles. The van der Waals surface area contributed by atoms with E-state index < -0.39 is 0 Å². The molecule has 0 amide bonds. The number of rotatable bonds is 0. The zero-order valence-electron chi connectivity index (χ0n) is 8.92. The van der Waals surface area contributed by atoms with Crippen LogP contribution in [0, 0.1) is 0 Å². The van der Waals surface area contributed by atoms with Crippen LogP contribution in [-0.2, 0) is 0 Å². The molecule has 0 atom stereocenters. The van der Waals surface area contributed by atoms with Crippen molar-refractivity contribution in [2.24, 2.45) is 0 Å². The molecule has 0 saturated carbocycles. The van der Waals surface area contributed by atoms with Gasteiger partial charge >= 0.3 is 0 Å². The van der Waals surface area contributed by atoms with Crippen LogP contribution in [0.1, 0.15) is 0 Å². The summed E-state index contributed by atoms with van der Waals surface area (Å²) in [6, 6.07) is 14.6. The van der Waals surface area contributed by atoms with Gasteiger partial charge in [-0.15, -0.1) is 0 Å². The van der Waals surface area contributed by atoms with Gasteiger partial charge in [-0.1, -0.05) is 24.3 Å². The number of hydrogen-bond acceptors (Lipinski definition) is 3. The van der Waals surface area contributed by atoms with Crippen LogP contribution in [0.3, 0.4) is 0 Å². The first kappa shape index (κ1) is 9.07. The number of benzene rings is 2. The third-order valence-electron chi connectivity index (χ3n) is 3.04. The van der Waals surface area contributed by atoms with Crippen LogP contribution in [0.15, 0.2) is 48.7 Å². The summed E-state index contributed by atoms with van der Waals surface area (Å²) in [6.07, 6.45) is 1.86. The first-order chi connectivity index (χ1) is 8.43. The highest BCUT2D eigenvalue weighted by Gasteiger charge is 2.07. The normalized spacial score (nSPS) is 11.5. The fraction of sp³-hybridized carbons (Fsp3) is 0. The van der Waals surface area contributed by atoms with Gasteiger partial charge in [0.05, 0.1) is 15.7 Å². The minimum absolute atomic E-state index is 1.03. The van der Waals surface area contributed by atoms with Crippen molar-refractivity contribution in [3.8, 4) is 0 Å². The van der Waals surface area contributed by atoms with Gasteiger partial charge in [-0.25, -0.2) is 0 Å². The second kappa shape index (κ2) is 3.25. The smallest absolute Gasteiger partial charge is 0.0861 e. The Hall–Kier alpha value is -2.00. The molecule has 2 nitrogen and oxygen atoms in total. The third kappa shape index (κ3) is 1.20. The van der Waals surface area contributed by atoms with Crippen molar-refractivity contribution in [2.45, 2.75) is 0 Å². The quantitative estimate of drug-likeness (QED) is 0.431. The van der Waals surface area contributed by atoms with Crippen molar-refractivity contribution in [3.63, 3.8) is 0 Å². The summed E-state index contributed by atoms with van der Waals surface area (Å²) in [5.41, 5.74) is 2.08. The second-order valence-corrected chi connectivity index (χ2v) is 4.83. The fourth-order valence-corrected chi connectivity index (χ4v) is 3.01. The molecule has 0 aliphatic carbocycles. The van der Waals surface area contributed by atoms with E-state index in [9.17, 15) is 0 Å². The van der Waals surface area contributed by atoms with Gasteiger partial charge in [-0.3, -0.25) is 4.98 Å². The lowest BCUT2D eigenvalue weighted by Crippen LogP contribution is -1.80. The maximum atomic E-state index is 4.54. The number of aromatic nitrogens is 2. The number of hydrogen-bond donors (Lipinski definition) is 0. The fourth-order valence-electron chi connectivity index (χ4n) is 2.26. The van der Waals surface area contributed by atoms with Crippen LogP contribution in [0.2, 0.25) is 0 Å². The Bertz CT molecular complexity index is 848. The summed E-state index contributed by atoms with van der Waals surface area (Å²) < 4.78 is 5.74. The molecule has 0 aliphatic heterocycles. The van der Waals surface area contributed by atoms with Gasteiger partial charge in [0.15, 0.2) is 0 Å².